The van der Waals surface area contributed by atoms with Gasteiger partial charge in [-0.05, 0) is 67.1 Å². The Hall–Kier alpha value is -2.66. The average molecular weight is 434 g/mol. The number of rotatable bonds is 8. The van der Waals surface area contributed by atoms with Gasteiger partial charge in [-0.15, -0.1) is 0 Å². The highest BCUT2D eigenvalue weighted by molar-refractivity contribution is 5.97. The second-order valence-electron chi connectivity index (χ2n) is 9.24. The first kappa shape index (κ1) is 22.5. The number of anilines is 2. The van der Waals surface area contributed by atoms with Crippen LogP contribution in [-0.2, 0) is 17.6 Å². The molecule has 2 heterocycles. The number of hydrogen-bond donors (Lipinski definition) is 0. The molecule has 2 aromatic carbocycles. The van der Waals surface area contributed by atoms with Crippen LogP contribution in [-0.4, -0.2) is 63.3 Å². The van der Waals surface area contributed by atoms with E-state index in [-0.39, 0.29) is 5.78 Å². The fourth-order valence-corrected chi connectivity index (χ4v) is 5.10. The van der Waals surface area contributed by atoms with Gasteiger partial charge >= 0.3 is 0 Å². The normalized spacial score (nSPS) is 16.3. The molecule has 0 radical (unpaired) electrons. The number of carbonyl (C=O) groups is 2. The van der Waals surface area contributed by atoms with Crippen LogP contribution in [0.5, 0.6) is 0 Å². The van der Waals surface area contributed by atoms with Gasteiger partial charge in [0.15, 0.2) is 5.78 Å². The summed E-state index contributed by atoms with van der Waals surface area (Å²) >= 11 is 0. The first-order valence-corrected chi connectivity index (χ1v) is 11.8. The smallest absolute Gasteiger partial charge is 0.164 e. The number of aryl methyl sites for hydroxylation is 2. The van der Waals surface area contributed by atoms with Crippen LogP contribution in [0.2, 0.25) is 0 Å². The van der Waals surface area contributed by atoms with Crippen molar-refractivity contribution in [3.05, 3.63) is 58.1 Å². The fraction of sp³-hybridized carbons (Fsp3) is 0.481. The lowest BCUT2D eigenvalue weighted by Gasteiger charge is -2.37. The van der Waals surface area contributed by atoms with Gasteiger partial charge in [0, 0.05) is 76.1 Å². The van der Waals surface area contributed by atoms with Crippen molar-refractivity contribution in [2.45, 2.75) is 39.5 Å². The van der Waals surface area contributed by atoms with Crippen molar-refractivity contribution in [3.63, 3.8) is 0 Å². The zero-order valence-electron chi connectivity index (χ0n) is 19.7. The molecule has 0 atom stereocenters. The molecule has 1 fully saturated rings. The van der Waals surface area contributed by atoms with Gasteiger partial charge < -0.3 is 14.6 Å². The maximum Gasteiger partial charge on any atom is 0.164 e. The molecule has 1 saturated heterocycles. The molecule has 5 nitrogen and oxygen atoms in total. The Labute approximate surface area is 192 Å². The Balaban J connectivity index is 1.35. The van der Waals surface area contributed by atoms with Crippen molar-refractivity contribution in [3.8, 4) is 0 Å². The van der Waals surface area contributed by atoms with E-state index in [1.165, 1.54) is 28.1 Å². The minimum absolute atomic E-state index is 0.215. The minimum atomic E-state index is 0.215. The van der Waals surface area contributed by atoms with Crippen molar-refractivity contribution in [2.24, 2.45) is 0 Å². The Kier molecular flexibility index (Phi) is 6.95. The van der Waals surface area contributed by atoms with E-state index in [1.807, 2.05) is 6.07 Å². The summed E-state index contributed by atoms with van der Waals surface area (Å²) in [5, 5.41) is 0. The summed E-state index contributed by atoms with van der Waals surface area (Å²) in [5.41, 5.74) is 8.47. The van der Waals surface area contributed by atoms with Crippen LogP contribution < -0.4 is 9.80 Å². The molecule has 5 heteroatoms. The number of carbonyl (C=O) groups excluding carboxylic acids is 2. The summed E-state index contributed by atoms with van der Waals surface area (Å²) in [7, 11) is 2.09. The molecule has 0 bridgehead atoms. The van der Waals surface area contributed by atoms with Gasteiger partial charge in [-0.1, -0.05) is 12.1 Å². The maximum absolute atomic E-state index is 13.0. The van der Waals surface area contributed by atoms with E-state index < -0.39 is 0 Å². The SMILES string of the molecule is Cc1cccc(N2CCN(CCC(=O)c3cc(CCC=O)c4c(c3)CCN4C)CC2)c1C. The monoisotopic (exact) mass is 433 g/mol. The highest BCUT2D eigenvalue weighted by Gasteiger charge is 2.23. The lowest BCUT2D eigenvalue weighted by atomic mass is 9.96. The largest absolute Gasteiger partial charge is 0.374 e. The molecule has 2 aliphatic heterocycles. The van der Waals surface area contributed by atoms with Crippen LogP contribution in [0.1, 0.15) is 45.5 Å². The van der Waals surface area contributed by atoms with Crippen LogP contribution in [0.25, 0.3) is 0 Å². The van der Waals surface area contributed by atoms with Crippen molar-refractivity contribution in [2.75, 3.05) is 56.1 Å². The zero-order valence-corrected chi connectivity index (χ0v) is 19.7. The van der Waals surface area contributed by atoms with Gasteiger partial charge in [-0.3, -0.25) is 9.69 Å². The number of likely N-dealkylation sites (N-methyl/N-ethyl adjacent to an activating group) is 1. The molecular formula is C27H35N3O2. The third-order valence-corrected chi connectivity index (χ3v) is 7.16. The summed E-state index contributed by atoms with van der Waals surface area (Å²) in [6.07, 6.45) is 3.70. The standard InChI is InChI=1S/C27H35N3O2/c1-20-6-4-8-25(21(20)2)30-15-13-29(14-16-30)12-10-26(32)24-18-22(7-5-17-31)27-23(19-24)9-11-28(27)3/h4,6,8,17-19H,5,7,9-16H2,1-3H3. The first-order chi connectivity index (χ1) is 15.5. The molecule has 0 saturated carbocycles. The van der Waals surface area contributed by atoms with Crippen LogP contribution >= 0.6 is 0 Å². The predicted octanol–water partition coefficient (Wildman–Crippen LogP) is 3.82. The lowest BCUT2D eigenvalue weighted by Crippen LogP contribution is -2.47. The van der Waals surface area contributed by atoms with Gasteiger partial charge in [-0.25, -0.2) is 0 Å². The molecule has 2 aliphatic rings. The molecule has 2 aromatic rings. The summed E-state index contributed by atoms with van der Waals surface area (Å²) in [6.45, 7) is 10.1. The molecular weight excluding hydrogens is 398 g/mol. The fourth-order valence-electron chi connectivity index (χ4n) is 5.10. The van der Waals surface area contributed by atoms with Crippen molar-refractivity contribution in [1.29, 1.82) is 0 Å². The molecule has 0 aromatic heterocycles. The van der Waals surface area contributed by atoms with E-state index in [9.17, 15) is 9.59 Å². The third-order valence-electron chi connectivity index (χ3n) is 7.16. The number of hydrogen-bond acceptors (Lipinski definition) is 5. The number of aldehydes is 1. The Bertz CT molecular complexity index is 993. The molecule has 0 spiro atoms. The van der Waals surface area contributed by atoms with Gasteiger partial charge in [0.2, 0.25) is 0 Å². The number of piperazine rings is 1. The van der Waals surface area contributed by atoms with Crippen molar-refractivity contribution in [1.82, 2.24) is 4.90 Å². The van der Waals surface area contributed by atoms with Gasteiger partial charge in [0.25, 0.3) is 0 Å². The second-order valence-corrected chi connectivity index (χ2v) is 9.24. The van der Waals surface area contributed by atoms with E-state index in [1.54, 1.807) is 0 Å². The number of benzene rings is 2. The van der Waals surface area contributed by atoms with E-state index in [0.717, 1.165) is 63.1 Å². The highest BCUT2D eigenvalue weighted by atomic mass is 16.1. The molecule has 0 amide bonds. The molecule has 0 unspecified atom stereocenters. The Morgan fingerprint density at radius 3 is 2.59 bits per heavy atom. The van der Waals surface area contributed by atoms with Crippen molar-refractivity contribution >= 4 is 23.4 Å². The molecule has 0 N–H and O–H groups in total. The minimum Gasteiger partial charge on any atom is -0.374 e. The molecule has 0 aliphatic carbocycles. The third kappa shape index (κ3) is 4.73. The van der Waals surface area contributed by atoms with Crippen LogP contribution in [0.3, 0.4) is 0 Å². The van der Waals surface area contributed by atoms with Crippen molar-refractivity contribution < 1.29 is 9.59 Å². The molecule has 4 rings (SSSR count). The Morgan fingerprint density at radius 2 is 1.84 bits per heavy atom. The topological polar surface area (TPSA) is 43.9 Å². The van der Waals surface area contributed by atoms with E-state index in [4.69, 9.17) is 0 Å². The van der Waals surface area contributed by atoms with Crippen LogP contribution in [0.4, 0.5) is 11.4 Å². The number of Topliss-reactive ketones (excluding diaryl/α,β-unsaturated/α-hetero) is 1. The zero-order chi connectivity index (χ0) is 22.7. The Morgan fingerprint density at radius 1 is 1.06 bits per heavy atom. The molecule has 32 heavy (non-hydrogen) atoms. The maximum atomic E-state index is 13.0. The van der Waals surface area contributed by atoms with E-state index in [0.29, 0.717) is 19.3 Å². The summed E-state index contributed by atoms with van der Waals surface area (Å²) in [6, 6.07) is 10.6. The number of nitrogens with zero attached hydrogens (tertiary/aromatic N) is 3. The second kappa shape index (κ2) is 9.86. The van der Waals surface area contributed by atoms with E-state index in [2.05, 4.69) is 59.9 Å². The number of ketones is 1. The van der Waals surface area contributed by atoms with Gasteiger partial charge in [0.05, 0.1) is 0 Å². The quantitative estimate of drug-likeness (QED) is 0.468. The van der Waals surface area contributed by atoms with Crippen LogP contribution in [0.15, 0.2) is 30.3 Å². The first-order valence-electron chi connectivity index (χ1n) is 11.8. The van der Waals surface area contributed by atoms with Crippen LogP contribution in [0, 0.1) is 13.8 Å². The highest BCUT2D eigenvalue weighted by Crippen LogP contribution is 2.33. The lowest BCUT2D eigenvalue weighted by molar-refractivity contribution is -0.107. The average Bonchev–Trinajstić information content (AvgIpc) is 3.19. The molecule has 170 valence electrons. The summed E-state index contributed by atoms with van der Waals surface area (Å²) < 4.78 is 0. The predicted molar refractivity (Wildman–Crippen MR) is 131 cm³/mol. The summed E-state index contributed by atoms with van der Waals surface area (Å²) in [5.74, 6) is 0.215. The van der Waals surface area contributed by atoms with Gasteiger partial charge in [-0.2, -0.15) is 0 Å². The summed E-state index contributed by atoms with van der Waals surface area (Å²) in [4.78, 5) is 31.1. The number of fused-ring (bicyclic) bond motifs is 1. The van der Waals surface area contributed by atoms with E-state index >= 15 is 0 Å². The van der Waals surface area contributed by atoms with Gasteiger partial charge in [0.1, 0.15) is 6.29 Å².